The molecule has 1 atom stereocenters. The summed E-state index contributed by atoms with van der Waals surface area (Å²) in [6.45, 7) is 9.65. The van der Waals surface area contributed by atoms with Gasteiger partial charge in [0.15, 0.2) is 5.11 Å². The molecule has 1 aromatic heterocycles. The van der Waals surface area contributed by atoms with Crippen LogP contribution in [-0.4, -0.2) is 30.7 Å². The molecular formula is C29H40N2O4S2. The number of thiocarbonyl (C=S) groups is 1. The number of anilines is 1. The van der Waals surface area contributed by atoms with Crippen LogP contribution >= 0.6 is 23.6 Å². The fourth-order valence-corrected chi connectivity index (χ4v) is 6.22. The molecule has 37 heavy (non-hydrogen) atoms. The number of fused-ring (bicyclic) bond motifs is 1. The Kier molecular flexibility index (Phi) is 10.5. The highest BCUT2D eigenvalue weighted by molar-refractivity contribution is 7.80. The second-order valence-electron chi connectivity index (χ2n) is 10.7. The summed E-state index contributed by atoms with van der Waals surface area (Å²) in [7, 11) is 1.39. The highest BCUT2D eigenvalue weighted by atomic mass is 32.1. The van der Waals surface area contributed by atoms with Crippen LogP contribution in [-0.2, 0) is 17.6 Å². The molecule has 0 spiro atoms. The van der Waals surface area contributed by atoms with Crippen LogP contribution in [0.3, 0.4) is 0 Å². The van der Waals surface area contributed by atoms with E-state index in [-0.39, 0.29) is 22.4 Å². The number of benzene rings is 1. The van der Waals surface area contributed by atoms with Crippen LogP contribution in [0.15, 0.2) is 24.3 Å². The Morgan fingerprint density at radius 1 is 1.11 bits per heavy atom. The van der Waals surface area contributed by atoms with E-state index in [1.165, 1.54) is 49.0 Å². The number of rotatable bonds is 10. The Labute approximate surface area is 230 Å². The van der Waals surface area contributed by atoms with E-state index in [2.05, 4.69) is 38.3 Å². The highest BCUT2D eigenvalue weighted by Crippen LogP contribution is 2.44. The van der Waals surface area contributed by atoms with Crippen LogP contribution in [0.25, 0.3) is 0 Å². The van der Waals surface area contributed by atoms with E-state index in [0.29, 0.717) is 28.7 Å². The summed E-state index contributed by atoms with van der Waals surface area (Å²) < 4.78 is 10.9. The van der Waals surface area contributed by atoms with Crippen molar-refractivity contribution in [2.24, 2.45) is 11.3 Å². The van der Waals surface area contributed by atoms with Gasteiger partial charge in [0.1, 0.15) is 10.8 Å². The molecule has 1 aromatic carbocycles. The van der Waals surface area contributed by atoms with E-state index in [0.717, 1.165) is 37.0 Å². The first-order chi connectivity index (χ1) is 17.6. The number of hydrogen-bond donors (Lipinski definition) is 2. The van der Waals surface area contributed by atoms with Crippen molar-refractivity contribution in [2.45, 2.75) is 79.1 Å². The lowest BCUT2D eigenvalue weighted by atomic mass is 9.72. The lowest BCUT2D eigenvalue weighted by Crippen LogP contribution is -2.34. The molecule has 1 aliphatic rings. The lowest BCUT2D eigenvalue weighted by Gasteiger charge is -2.33. The average molecular weight is 545 g/mol. The smallest absolute Gasteiger partial charge is 0.341 e. The van der Waals surface area contributed by atoms with Gasteiger partial charge in [0.05, 0.1) is 19.3 Å². The molecule has 8 heteroatoms. The van der Waals surface area contributed by atoms with E-state index < -0.39 is 0 Å². The molecule has 2 aromatic rings. The van der Waals surface area contributed by atoms with Crippen LogP contribution in [0.2, 0.25) is 0 Å². The van der Waals surface area contributed by atoms with Gasteiger partial charge in [0, 0.05) is 10.4 Å². The molecule has 0 aliphatic heterocycles. The van der Waals surface area contributed by atoms with Crippen molar-refractivity contribution in [3.63, 3.8) is 0 Å². The number of amides is 1. The Morgan fingerprint density at radius 3 is 2.46 bits per heavy atom. The van der Waals surface area contributed by atoms with Crippen molar-refractivity contribution < 1.29 is 19.1 Å². The molecule has 1 unspecified atom stereocenters. The number of ether oxygens (including phenoxy) is 2. The standard InChI is InChI=1S/C29H40N2O4S2/c1-6-7-8-9-10-17-35-21-14-11-19(12-15-21)25(32)30-28(36)31-26-24(27(33)34-5)22-16-13-20(29(2,3)4)18-23(22)37-26/h11-12,14-15,20H,6-10,13,16-18H2,1-5H3,(H2,30,31,32,36). The van der Waals surface area contributed by atoms with Crippen molar-refractivity contribution in [3.8, 4) is 5.75 Å². The zero-order valence-electron chi connectivity index (χ0n) is 22.7. The van der Waals surface area contributed by atoms with Crippen LogP contribution < -0.4 is 15.4 Å². The maximum atomic E-state index is 12.8. The summed E-state index contributed by atoms with van der Waals surface area (Å²) in [4.78, 5) is 26.6. The first kappa shape index (κ1) is 29.1. The van der Waals surface area contributed by atoms with Crippen LogP contribution in [0.4, 0.5) is 5.00 Å². The van der Waals surface area contributed by atoms with Gasteiger partial charge in [-0.2, -0.15) is 0 Å². The molecule has 1 amide bonds. The molecule has 202 valence electrons. The number of unbranched alkanes of at least 4 members (excludes halogenated alkanes) is 4. The van der Waals surface area contributed by atoms with Gasteiger partial charge in [-0.3, -0.25) is 10.1 Å². The average Bonchev–Trinajstić information content (AvgIpc) is 3.22. The number of hydrogen-bond acceptors (Lipinski definition) is 6. The molecule has 0 saturated carbocycles. The zero-order valence-corrected chi connectivity index (χ0v) is 24.3. The van der Waals surface area contributed by atoms with E-state index in [1.807, 2.05) is 0 Å². The number of methoxy groups -OCH3 is 1. The molecular weight excluding hydrogens is 504 g/mol. The van der Waals surface area contributed by atoms with Crippen molar-refractivity contribution in [3.05, 3.63) is 45.8 Å². The topological polar surface area (TPSA) is 76.7 Å². The molecule has 0 saturated heterocycles. The third-order valence-electron chi connectivity index (χ3n) is 6.97. The second kappa shape index (κ2) is 13.4. The maximum Gasteiger partial charge on any atom is 0.341 e. The predicted molar refractivity (Wildman–Crippen MR) is 155 cm³/mol. The fourth-order valence-electron chi connectivity index (χ4n) is 4.64. The normalized spacial score (nSPS) is 15.0. The van der Waals surface area contributed by atoms with Crippen LogP contribution in [0.5, 0.6) is 5.75 Å². The molecule has 0 radical (unpaired) electrons. The van der Waals surface area contributed by atoms with E-state index >= 15 is 0 Å². The van der Waals surface area contributed by atoms with Gasteiger partial charge in [-0.25, -0.2) is 4.79 Å². The Hall–Kier alpha value is -2.45. The summed E-state index contributed by atoms with van der Waals surface area (Å²) in [6.07, 6.45) is 8.68. The fraction of sp³-hybridized carbons (Fsp3) is 0.552. The van der Waals surface area contributed by atoms with Gasteiger partial charge in [0.2, 0.25) is 0 Å². The summed E-state index contributed by atoms with van der Waals surface area (Å²) in [6, 6.07) is 7.04. The molecule has 1 heterocycles. The van der Waals surface area contributed by atoms with Gasteiger partial charge < -0.3 is 14.8 Å². The second-order valence-corrected chi connectivity index (χ2v) is 12.2. The first-order valence-corrected chi connectivity index (χ1v) is 14.4. The summed E-state index contributed by atoms with van der Waals surface area (Å²) in [5, 5.41) is 6.59. The number of esters is 1. The molecule has 0 fully saturated rings. The molecule has 3 rings (SSSR count). The van der Waals surface area contributed by atoms with E-state index in [4.69, 9.17) is 21.7 Å². The number of carbonyl (C=O) groups excluding carboxylic acids is 2. The van der Waals surface area contributed by atoms with Crippen molar-refractivity contribution in [1.29, 1.82) is 0 Å². The largest absolute Gasteiger partial charge is 0.494 e. The Morgan fingerprint density at radius 2 is 1.81 bits per heavy atom. The Bertz CT molecular complexity index is 1090. The third-order valence-corrected chi connectivity index (χ3v) is 8.34. The van der Waals surface area contributed by atoms with Crippen molar-refractivity contribution in [1.82, 2.24) is 5.32 Å². The van der Waals surface area contributed by atoms with Crippen LogP contribution in [0.1, 0.15) is 97.4 Å². The SMILES string of the molecule is CCCCCCCOc1ccc(C(=O)NC(=S)Nc2sc3c(c2C(=O)OC)CCC(C(C)(C)C)C3)cc1. The highest BCUT2D eigenvalue weighted by Gasteiger charge is 2.34. The molecule has 6 nitrogen and oxygen atoms in total. The minimum Gasteiger partial charge on any atom is -0.494 e. The quantitative estimate of drug-likeness (QED) is 0.188. The van der Waals surface area contributed by atoms with Gasteiger partial charge in [-0.15, -0.1) is 11.3 Å². The van der Waals surface area contributed by atoms with Crippen molar-refractivity contribution >= 4 is 45.5 Å². The zero-order chi connectivity index (χ0) is 27.0. The van der Waals surface area contributed by atoms with Crippen LogP contribution in [0, 0.1) is 11.3 Å². The van der Waals surface area contributed by atoms with E-state index in [1.54, 1.807) is 24.3 Å². The summed E-state index contributed by atoms with van der Waals surface area (Å²) in [5.74, 6) is 0.575. The molecule has 0 bridgehead atoms. The summed E-state index contributed by atoms with van der Waals surface area (Å²) in [5.41, 5.74) is 2.24. The van der Waals surface area contributed by atoms with Gasteiger partial charge >= 0.3 is 5.97 Å². The maximum absolute atomic E-state index is 12.8. The Balaban J connectivity index is 1.60. The van der Waals surface area contributed by atoms with E-state index in [9.17, 15) is 9.59 Å². The third kappa shape index (κ3) is 8.01. The minimum atomic E-state index is -0.385. The molecule has 1 aliphatic carbocycles. The molecule has 2 N–H and O–H groups in total. The monoisotopic (exact) mass is 544 g/mol. The first-order valence-electron chi connectivity index (χ1n) is 13.2. The predicted octanol–water partition coefficient (Wildman–Crippen LogP) is 7.16. The summed E-state index contributed by atoms with van der Waals surface area (Å²) >= 11 is 6.96. The number of thiophene rings is 1. The minimum absolute atomic E-state index is 0.147. The van der Waals surface area contributed by atoms with Gasteiger partial charge in [0.25, 0.3) is 5.91 Å². The lowest BCUT2D eigenvalue weighted by molar-refractivity contribution is 0.0600. The number of nitrogens with one attached hydrogen (secondary N) is 2. The van der Waals surface area contributed by atoms with Crippen molar-refractivity contribution in [2.75, 3.05) is 19.0 Å². The van der Waals surface area contributed by atoms with Gasteiger partial charge in [-0.1, -0.05) is 53.4 Å². The van der Waals surface area contributed by atoms with Gasteiger partial charge in [-0.05, 0) is 79.1 Å². The number of carbonyl (C=O) groups is 2.